The van der Waals surface area contributed by atoms with Gasteiger partial charge in [0, 0.05) is 24.2 Å². The molecule has 0 bridgehead atoms. The second-order valence-corrected chi connectivity index (χ2v) is 5.22. The van der Waals surface area contributed by atoms with Crippen LogP contribution in [0.1, 0.15) is 29.8 Å². The van der Waals surface area contributed by atoms with Crippen LogP contribution in [0.4, 0.5) is 0 Å². The number of halogens is 2. The number of benzene rings is 1. The molecule has 1 aliphatic rings. The molecule has 6 heteroatoms. The van der Waals surface area contributed by atoms with Crippen molar-refractivity contribution in [3.8, 4) is 0 Å². The summed E-state index contributed by atoms with van der Waals surface area (Å²) in [7, 11) is 0. The minimum atomic E-state index is -0.0835. The zero-order chi connectivity index (χ0) is 13.8. The van der Waals surface area contributed by atoms with E-state index in [-0.39, 0.29) is 30.7 Å². The maximum Gasteiger partial charge on any atom is 0.270 e. The maximum atomic E-state index is 12.2. The van der Waals surface area contributed by atoms with Crippen LogP contribution in [-0.2, 0) is 0 Å². The fourth-order valence-corrected chi connectivity index (χ4v) is 2.75. The SMILES string of the molecule is Cl.Cl.O=C(NCC[C@H]1CCCN1)c1nccc2ccccc12. The van der Waals surface area contributed by atoms with Crippen LogP contribution >= 0.6 is 24.8 Å². The molecular formula is C16H21Cl2N3O. The van der Waals surface area contributed by atoms with Crippen LogP contribution in [0.15, 0.2) is 36.5 Å². The first kappa shape index (κ1) is 18.7. The summed E-state index contributed by atoms with van der Waals surface area (Å²) < 4.78 is 0. The van der Waals surface area contributed by atoms with Crippen molar-refractivity contribution < 1.29 is 4.79 Å². The molecule has 120 valence electrons. The lowest BCUT2D eigenvalue weighted by Crippen LogP contribution is -2.31. The highest BCUT2D eigenvalue weighted by Gasteiger charge is 2.15. The molecule has 22 heavy (non-hydrogen) atoms. The van der Waals surface area contributed by atoms with Gasteiger partial charge in [-0.05, 0) is 37.3 Å². The van der Waals surface area contributed by atoms with Crippen molar-refractivity contribution in [1.29, 1.82) is 0 Å². The molecular weight excluding hydrogens is 321 g/mol. The number of hydrogen-bond acceptors (Lipinski definition) is 3. The lowest BCUT2D eigenvalue weighted by atomic mass is 10.1. The standard InChI is InChI=1S/C16H19N3O.2ClH/c20-16(19-11-8-13-5-3-9-17-13)15-14-6-2-1-4-12(14)7-10-18-15;;/h1-2,4,6-7,10,13,17H,3,5,8-9,11H2,(H,19,20);2*1H/t13-;;/m1../s1. The van der Waals surface area contributed by atoms with E-state index in [4.69, 9.17) is 0 Å². The summed E-state index contributed by atoms with van der Waals surface area (Å²) in [6.45, 7) is 1.80. The van der Waals surface area contributed by atoms with E-state index in [0.29, 0.717) is 18.3 Å². The van der Waals surface area contributed by atoms with Crippen molar-refractivity contribution >= 4 is 41.5 Å². The Bertz CT molecular complexity index is 610. The van der Waals surface area contributed by atoms with Crippen LogP contribution in [0.3, 0.4) is 0 Å². The van der Waals surface area contributed by atoms with Gasteiger partial charge in [0.1, 0.15) is 5.69 Å². The number of carbonyl (C=O) groups excluding carboxylic acids is 1. The molecule has 3 rings (SSSR count). The molecule has 4 nitrogen and oxygen atoms in total. The molecule has 2 N–H and O–H groups in total. The molecule has 2 heterocycles. The molecule has 1 amide bonds. The molecule has 0 spiro atoms. The second kappa shape index (κ2) is 8.93. The van der Waals surface area contributed by atoms with E-state index in [9.17, 15) is 4.79 Å². The van der Waals surface area contributed by atoms with E-state index in [1.54, 1.807) is 6.20 Å². The number of carbonyl (C=O) groups is 1. The van der Waals surface area contributed by atoms with E-state index in [2.05, 4.69) is 15.6 Å². The third-order valence-electron chi connectivity index (χ3n) is 3.83. The molecule has 1 aliphatic heterocycles. The molecule has 1 fully saturated rings. The Balaban J connectivity index is 0.00000121. The summed E-state index contributed by atoms with van der Waals surface area (Å²) in [6, 6.07) is 10.3. The first-order valence-electron chi connectivity index (χ1n) is 7.20. The van der Waals surface area contributed by atoms with Gasteiger partial charge in [0.15, 0.2) is 0 Å². The predicted octanol–water partition coefficient (Wildman–Crippen LogP) is 2.95. The summed E-state index contributed by atoms with van der Waals surface area (Å²) in [5, 5.41) is 8.36. The summed E-state index contributed by atoms with van der Waals surface area (Å²) in [4.78, 5) is 16.5. The van der Waals surface area contributed by atoms with Crippen molar-refractivity contribution in [2.75, 3.05) is 13.1 Å². The molecule has 0 saturated carbocycles. The van der Waals surface area contributed by atoms with Crippen molar-refractivity contribution in [2.45, 2.75) is 25.3 Å². The van der Waals surface area contributed by atoms with E-state index in [1.807, 2.05) is 30.3 Å². The van der Waals surface area contributed by atoms with Gasteiger partial charge in [0.05, 0.1) is 0 Å². The lowest BCUT2D eigenvalue weighted by Gasteiger charge is -2.11. The van der Waals surface area contributed by atoms with Crippen molar-refractivity contribution in [2.24, 2.45) is 0 Å². The highest BCUT2D eigenvalue weighted by molar-refractivity contribution is 6.05. The molecule has 1 atom stereocenters. The van der Waals surface area contributed by atoms with Gasteiger partial charge in [-0.1, -0.05) is 24.3 Å². The molecule has 1 aromatic heterocycles. The summed E-state index contributed by atoms with van der Waals surface area (Å²) >= 11 is 0. The fraction of sp³-hybridized carbons (Fsp3) is 0.375. The smallest absolute Gasteiger partial charge is 0.270 e. The highest BCUT2D eigenvalue weighted by atomic mass is 35.5. The van der Waals surface area contributed by atoms with Gasteiger partial charge >= 0.3 is 0 Å². The molecule has 1 saturated heterocycles. The summed E-state index contributed by atoms with van der Waals surface area (Å²) in [5.74, 6) is -0.0835. The van der Waals surface area contributed by atoms with Crippen LogP contribution in [0.2, 0.25) is 0 Å². The molecule has 0 radical (unpaired) electrons. The fourth-order valence-electron chi connectivity index (χ4n) is 2.75. The summed E-state index contributed by atoms with van der Waals surface area (Å²) in [5.41, 5.74) is 0.516. The molecule has 2 aromatic rings. The zero-order valence-corrected chi connectivity index (χ0v) is 13.9. The monoisotopic (exact) mass is 341 g/mol. The van der Waals surface area contributed by atoms with E-state index in [0.717, 1.165) is 23.7 Å². The van der Waals surface area contributed by atoms with Gasteiger partial charge in [-0.3, -0.25) is 9.78 Å². The normalized spacial score (nSPS) is 16.6. The van der Waals surface area contributed by atoms with Gasteiger partial charge in [-0.25, -0.2) is 0 Å². The van der Waals surface area contributed by atoms with E-state index < -0.39 is 0 Å². The van der Waals surface area contributed by atoms with Gasteiger partial charge in [0.2, 0.25) is 0 Å². The second-order valence-electron chi connectivity index (χ2n) is 5.22. The van der Waals surface area contributed by atoms with Crippen molar-refractivity contribution in [1.82, 2.24) is 15.6 Å². The Hall–Kier alpha value is -1.36. The van der Waals surface area contributed by atoms with Gasteiger partial charge in [-0.15, -0.1) is 24.8 Å². The Kier molecular flexibility index (Phi) is 7.59. The minimum absolute atomic E-state index is 0. The number of fused-ring (bicyclic) bond motifs is 1. The third-order valence-corrected chi connectivity index (χ3v) is 3.83. The summed E-state index contributed by atoms with van der Waals surface area (Å²) in [6.07, 6.45) is 5.12. The molecule has 0 unspecified atom stereocenters. The Morgan fingerprint density at radius 3 is 2.86 bits per heavy atom. The number of nitrogens with zero attached hydrogens (tertiary/aromatic N) is 1. The van der Waals surface area contributed by atoms with Crippen LogP contribution in [0, 0.1) is 0 Å². The average molecular weight is 342 g/mol. The molecule has 0 aliphatic carbocycles. The third kappa shape index (κ3) is 4.32. The number of aromatic nitrogens is 1. The number of pyridine rings is 1. The van der Waals surface area contributed by atoms with Crippen LogP contribution in [0.25, 0.3) is 10.8 Å². The van der Waals surface area contributed by atoms with Gasteiger partial charge in [0.25, 0.3) is 5.91 Å². The Morgan fingerprint density at radius 2 is 2.09 bits per heavy atom. The molecule has 1 aromatic carbocycles. The van der Waals surface area contributed by atoms with Crippen molar-refractivity contribution in [3.05, 3.63) is 42.2 Å². The van der Waals surface area contributed by atoms with Gasteiger partial charge < -0.3 is 10.6 Å². The Labute approximate surface area is 142 Å². The highest BCUT2D eigenvalue weighted by Crippen LogP contribution is 2.16. The van der Waals surface area contributed by atoms with Crippen LogP contribution in [-0.4, -0.2) is 30.0 Å². The first-order valence-corrected chi connectivity index (χ1v) is 7.20. The number of hydrogen-bond donors (Lipinski definition) is 2. The van der Waals surface area contributed by atoms with Crippen molar-refractivity contribution in [3.63, 3.8) is 0 Å². The average Bonchev–Trinajstić information content (AvgIpc) is 3.00. The maximum absolute atomic E-state index is 12.2. The number of rotatable bonds is 4. The Morgan fingerprint density at radius 1 is 1.27 bits per heavy atom. The zero-order valence-electron chi connectivity index (χ0n) is 12.2. The topological polar surface area (TPSA) is 54.0 Å². The first-order chi connectivity index (χ1) is 9.84. The van der Waals surface area contributed by atoms with E-state index in [1.165, 1.54) is 12.8 Å². The van der Waals surface area contributed by atoms with Crippen LogP contribution in [0.5, 0.6) is 0 Å². The number of amides is 1. The predicted molar refractivity (Wildman–Crippen MR) is 94.2 cm³/mol. The lowest BCUT2D eigenvalue weighted by molar-refractivity contribution is 0.0949. The minimum Gasteiger partial charge on any atom is -0.351 e. The van der Waals surface area contributed by atoms with E-state index >= 15 is 0 Å². The van der Waals surface area contributed by atoms with Gasteiger partial charge in [-0.2, -0.15) is 0 Å². The van der Waals surface area contributed by atoms with Crippen LogP contribution < -0.4 is 10.6 Å². The quantitative estimate of drug-likeness (QED) is 0.898. The number of nitrogens with one attached hydrogen (secondary N) is 2. The largest absolute Gasteiger partial charge is 0.351 e.